The number of hydrogen-bond donors (Lipinski definition) is 1. The maximum Gasteiger partial charge on any atom is 0.350 e. The minimum Gasteiger partial charge on any atom is -0.462 e. The number of nitrogens with two attached hydrogens (primary N) is 1. The van der Waals surface area contributed by atoms with Crippen LogP contribution in [0.3, 0.4) is 0 Å². The van der Waals surface area contributed by atoms with Crippen LogP contribution in [-0.4, -0.2) is 35.2 Å². The Hall–Kier alpha value is -2.98. The van der Waals surface area contributed by atoms with E-state index < -0.39 is 5.97 Å². The van der Waals surface area contributed by atoms with Gasteiger partial charge in [0.25, 0.3) is 5.56 Å². The van der Waals surface area contributed by atoms with Gasteiger partial charge < -0.3 is 15.4 Å². The zero-order valence-electron chi connectivity index (χ0n) is 16.7. The first-order chi connectivity index (χ1) is 15.0. The Kier molecular flexibility index (Phi) is 4.90. The fraction of sp³-hybridized carbons (Fsp3) is 0.286. The number of halogens is 1. The number of carbonyl (C=O) groups excluding carboxylic acids is 1. The van der Waals surface area contributed by atoms with Crippen LogP contribution in [0.15, 0.2) is 29.1 Å². The van der Waals surface area contributed by atoms with Crippen molar-refractivity contribution in [2.75, 3.05) is 30.3 Å². The molecule has 10 heteroatoms. The van der Waals surface area contributed by atoms with E-state index in [0.29, 0.717) is 37.8 Å². The van der Waals surface area contributed by atoms with E-state index in [4.69, 9.17) is 15.5 Å². The highest BCUT2D eigenvalue weighted by atomic mass is 32.2. The van der Waals surface area contributed by atoms with Gasteiger partial charge in [-0.3, -0.25) is 4.79 Å². The van der Waals surface area contributed by atoms with Crippen molar-refractivity contribution < 1.29 is 13.9 Å². The number of benzene rings is 1. The SMILES string of the molecule is CCOC(=O)c1sc2sc3c(=O)n(-c4ccc(F)cc4)c(N4CCCC4)nc3c2c1N. The van der Waals surface area contributed by atoms with E-state index >= 15 is 0 Å². The number of carbonyl (C=O) groups is 1. The zero-order chi connectivity index (χ0) is 21.7. The summed E-state index contributed by atoms with van der Waals surface area (Å²) in [4.78, 5) is 33.1. The van der Waals surface area contributed by atoms with Gasteiger partial charge in [0.05, 0.1) is 27.4 Å². The fourth-order valence-electron chi connectivity index (χ4n) is 3.87. The minimum atomic E-state index is -0.471. The second-order valence-corrected chi connectivity index (χ2v) is 9.53. The molecule has 1 aliphatic rings. The lowest BCUT2D eigenvalue weighted by atomic mass is 10.2. The van der Waals surface area contributed by atoms with Gasteiger partial charge in [-0.25, -0.2) is 18.7 Å². The Bertz CT molecular complexity index is 1370. The zero-order valence-corrected chi connectivity index (χ0v) is 18.3. The summed E-state index contributed by atoms with van der Waals surface area (Å²) in [6.07, 6.45) is 2.01. The normalized spacial score (nSPS) is 14.1. The summed E-state index contributed by atoms with van der Waals surface area (Å²) in [6.45, 7) is 3.55. The predicted molar refractivity (Wildman–Crippen MR) is 122 cm³/mol. The van der Waals surface area contributed by atoms with E-state index in [2.05, 4.69) is 4.90 Å². The third kappa shape index (κ3) is 3.17. The molecule has 7 nitrogen and oxygen atoms in total. The van der Waals surface area contributed by atoms with E-state index in [9.17, 15) is 14.0 Å². The molecule has 1 saturated heterocycles. The van der Waals surface area contributed by atoms with Gasteiger partial charge in [-0.05, 0) is 44.0 Å². The van der Waals surface area contributed by atoms with Crippen molar-refractivity contribution in [1.82, 2.24) is 9.55 Å². The molecule has 31 heavy (non-hydrogen) atoms. The number of hydrogen-bond acceptors (Lipinski definition) is 8. The lowest BCUT2D eigenvalue weighted by Gasteiger charge is -2.21. The quantitative estimate of drug-likeness (QED) is 0.462. The van der Waals surface area contributed by atoms with Crippen LogP contribution in [0.2, 0.25) is 0 Å². The Labute approximate surface area is 184 Å². The molecule has 0 saturated carbocycles. The van der Waals surface area contributed by atoms with E-state index in [1.807, 2.05) is 0 Å². The van der Waals surface area contributed by atoms with Crippen LogP contribution in [0.1, 0.15) is 29.4 Å². The summed E-state index contributed by atoms with van der Waals surface area (Å²) in [5, 5.41) is 0.622. The molecular weight excluding hydrogens is 439 g/mol. The molecule has 160 valence electrons. The van der Waals surface area contributed by atoms with Gasteiger partial charge in [0, 0.05) is 13.1 Å². The van der Waals surface area contributed by atoms with Crippen LogP contribution in [0, 0.1) is 5.82 Å². The highest BCUT2D eigenvalue weighted by Gasteiger charge is 2.27. The molecule has 5 rings (SSSR count). The van der Waals surface area contributed by atoms with Crippen LogP contribution in [0.25, 0.3) is 25.3 Å². The molecule has 0 aliphatic carbocycles. The monoisotopic (exact) mass is 458 g/mol. The summed E-state index contributed by atoms with van der Waals surface area (Å²) >= 11 is 2.48. The van der Waals surface area contributed by atoms with E-state index in [-0.39, 0.29) is 18.0 Å². The first-order valence-electron chi connectivity index (χ1n) is 9.95. The smallest absolute Gasteiger partial charge is 0.350 e. The van der Waals surface area contributed by atoms with E-state index in [1.54, 1.807) is 19.1 Å². The van der Waals surface area contributed by atoms with Gasteiger partial charge in [-0.1, -0.05) is 0 Å². The number of anilines is 2. The van der Waals surface area contributed by atoms with Gasteiger partial charge in [-0.2, -0.15) is 0 Å². The highest BCUT2D eigenvalue weighted by molar-refractivity contribution is 7.42. The maximum absolute atomic E-state index is 13.6. The van der Waals surface area contributed by atoms with Gasteiger partial charge in [0.15, 0.2) is 0 Å². The average Bonchev–Trinajstić information content (AvgIpc) is 3.46. The van der Waals surface area contributed by atoms with Crippen molar-refractivity contribution in [3.63, 3.8) is 0 Å². The molecule has 0 unspecified atom stereocenters. The van der Waals surface area contributed by atoms with Crippen molar-refractivity contribution in [3.05, 3.63) is 45.3 Å². The van der Waals surface area contributed by atoms with Crippen LogP contribution in [-0.2, 0) is 4.74 Å². The molecule has 4 heterocycles. The Morgan fingerprint density at radius 1 is 1.23 bits per heavy atom. The molecule has 0 atom stereocenters. The minimum absolute atomic E-state index is 0.232. The number of thiophene rings is 2. The molecule has 1 aromatic carbocycles. The number of esters is 1. The molecule has 1 aliphatic heterocycles. The Morgan fingerprint density at radius 2 is 1.94 bits per heavy atom. The predicted octanol–water partition coefficient (Wildman–Crippen LogP) is 4.16. The summed E-state index contributed by atoms with van der Waals surface area (Å²) < 4.78 is 21.3. The molecule has 0 radical (unpaired) electrons. The number of ether oxygens (including phenoxy) is 1. The molecule has 4 aromatic rings. The average molecular weight is 459 g/mol. The topological polar surface area (TPSA) is 90.5 Å². The molecule has 0 amide bonds. The van der Waals surface area contributed by atoms with Gasteiger partial charge in [-0.15, -0.1) is 22.7 Å². The molecule has 2 N–H and O–H groups in total. The molecule has 1 fully saturated rings. The van der Waals surface area contributed by atoms with Crippen LogP contribution in [0.5, 0.6) is 0 Å². The first-order valence-corrected chi connectivity index (χ1v) is 11.6. The summed E-state index contributed by atoms with van der Waals surface area (Å²) in [7, 11) is 0. The third-order valence-electron chi connectivity index (χ3n) is 5.30. The van der Waals surface area contributed by atoms with Crippen LogP contribution >= 0.6 is 22.7 Å². The van der Waals surface area contributed by atoms with Crippen molar-refractivity contribution in [2.45, 2.75) is 19.8 Å². The highest BCUT2D eigenvalue weighted by Crippen LogP contribution is 2.43. The molecule has 0 spiro atoms. The van der Waals surface area contributed by atoms with Crippen molar-refractivity contribution in [2.24, 2.45) is 0 Å². The number of aromatic nitrogens is 2. The second-order valence-electron chi connectivity index (χ2n) is 7.23. The summed E-state index contributed by atoms with van der Waals surface area (Å²) in [5.74, 6) is -0.338. The number of fused-ring (bicyclic) bond motifs is 3. The van der Waals surface area contributed by atoms with Crippen LogP contribution in [0.4, 0.5) is 16.0 Å². The lowest BCUT2D eigenvalue weighted by Crippen LogP contribution is -2.30. The first kappa shape index (κ1) is 20.0. The van der Waals surface area contributed by atoms with Gasteiger partial charge in [0.2, 0.25) is 5.95 Å². The van der Waals surface area contributed by atoms with Crippen molar-refractivity contribution in [3.8, 4) is 5.69 Å². The summed E-state index contributed by atoms with van der Waals surface area (Å²) in [5.41, 5.74) is 7.42. The summed E-state index contributed by atoms with van der Waals surface area (Å²) in [6, 6.07) is 5.81. The van der Waals surface area contributed by atoms with Crippen molar-refractivity contribution >= 4 is 59.9 Å². The Balaban J connectivity index is 1.80. The standard InChI is InChI=1S/C21H19FN4O3S2/c1-2-29-19(28)16-14(23)13-15-17(31-20(13)30-16)18(27)26(12-7-5-11(22)6-8-12)21(24-15)25-9-3-4-10-25/h5-8H,2-4,9-10,23H2,1H3. The van der Waals surface area contributed by atoms with Crippen molar-refractivity contribution in [1.29, 1.82) is 0 Å². The molecular formula is C21H19FN4O3S2. The van der Waals surface area contributed by atoms with E-state index in [1.165, 1.54) is 39.4 Å². The van der Waals surface area contributed by atoms with Gasteiger partial charge >= 0.3 is 5.97 Å². The maximum atomic E-state index is 13.6. The largest absolute Gasteiger partial charge is 0.462 e. The van der Waals surface area contributed by atoms with Gasteiger partial charge in [0.1, 0.15) is 20.9 Å². The molecule has 3 aromatic heterocycles. The number of nitrogens with zero attached hydrogens (tertiary/aromatic N) is 3. The number of rotatable bonds is 4. The number of nitrogen functional groups attached to an aromatic ring is 1. The van der Waals surface area contributed by atoms with E-state index in [0.717, 1.165) is 29.9 Å². The molecule has 0 bridgehead atoms. The lowest BCUT2D eigenvalue weighted by molar-refractivity contribution is 0.0533. The second kappa shape index (κ2) is 7.61. The fourth-order valence-corrected chi connectivity index (χ4v) is 6.30. The Morgan fingerprint density at radius 3 is 2.61 bits per heavy atom. The van der Waals surface area contributed by atoms with Crippen LogP contribution < -0.4 is 16.2 Å². The third-order valence-corrected chi connectivity index (χ3v) is 7.75.